The van der Waals surface area contributed by atoms with Gasteiger partial charge in [0.1, 0.15) is 0 Å². The lowest BCUT2D eigenvalue weighted by atomic mass is 10.2. The maximum absolute atomic E-state index is 5.43. The van der Waals surface area contributed by atoms with Gasteiger partial charge in [-0.1, -0.05) is 32.1 Å². The second-order valence-corrected chi connectivity index (χ2v) is 4.28. The zero-order valence-corrected chi connectivity index (χ0v) is 10.9. The van der Waals surface area contributed by atoms with Crippen LogP contribution in [0.3, 0.4) is 0 Å². The Hall–Kier alpha value is -1.19. The average molecular weight is 234 g/mol. The predicted octanol–water partition coefficient (Wildman–Crippen LogP) is 2.67. The molecule has 0 aliphatic heterocycles. The van der Waals surface area contributed by atoms with Crippen LogP contribution in [0.2, 0.25) is 0 Å². The maximum atomic E-state index is 5.43. The van der Waals surface area contributed by atoms with E-state index < -0.39 is 0 Å². The van der Waals surface area contributed by atoms with E-state index in [4.69, 9.17) is 4.74 Å². The van der Waals surface area contributed by atoms with Gasteiger partial charge in [-0.15, -0.1) is 0 Å². The molecule has 0 saturated heterocycles. The molecule has 0 radical (unpaired) electrons. The molecule has 0 bridgehead atoms. The van der Waals surface area contributed by atoms with E-state index in [1.807, 2.05) is 31.3 Å². The number of hydrogen-bond donors (Lipinski definition) is 1. The largest absolute Gasteiger partial charge is 0.371 e. The minimum atomic E-state index is 0.499. The fraction of sp³-hybridized carbons (Fsp3) is 0.500. The van der Waals surface area contributed by atoms with Gasteiger partial charge in [-0.05, 0) is 18.6 Å². The highest BCUT2D eigenvalue weighted by molar-refractivity contribution is 5.13. The van der Waals surface area contributed by atoms with Gasteiger partial charge >= 0.3 is 0 Å². The molecule has 0 atom stereocenters. The predicted molar refractivity (Wildman–Crippen MR) is 70.7 cm³/mol. The quantitative estimate of drug-likeness (QED) is 0.582. The number of nitrogens with one attached hydrogen (secondary N) is 1. The van der Waals surface area contributed by atoms with Crippen molar-refractivity contribution in [1.29, 1.82) is 0 Å². The third-order valence-electron chi connectivity index (χ3n) is 2.30. The van der Waals surface area contributed by atoms with Crippen molar-refractivity contribution in [3.63, 3.8) is 0 Å². The molecule has 1 aromatic rings. The second-order valence-electron chi connectivity index (χ2n) is 4.28. The molecule has 94 valence electrons. The average Bonchev–Trinajstić information content (AvgIpc) is 2.33. The molecule has 0 amide bonds. The van der Waals surface area contributed by atoms with E-state index in [1.165, 1.54) is 5.56 Å². The fourth-order valence-electron chi connectivity index (χ4n) is 1.29. The Morgan fingerprint density at radius 1 is 1.41 bits per heavy atom. The Morgan fingerprint density at radius 3 is 2.82 bits per heavy atom. The van der Waals surface area contributed by atoms with Crippen molar-refractivity contribution < 1.29 is 4.74 Å². The third kappa shape index (κ3) is 6.19. The van der Waals surface area contributed by atoms with Gasteiger partial charge in [0.25, 0.3) is 0 Å². The van der Waals surface area contributed by atoms with Crippen molar-refractivity contribution in [2.24, 2.45) is 0 Å². The summed E-state index contributed by atoms with van der Waals surface area (Å²) in [7, 11) is 0. The summed E-state index contributed by atoms with van der Waals surface area (Å²) in [5.74, 6) is 0. The van der Waals surface area contributed by atoms with Crippen LogP contribution < -0.4 is 5.32 Å². The van der Waals surface area contributed by atoms with Gasteiger partial charge in [-0.25, -0.2) is 0 Å². The number of pyridine rings is 1. The molecule has 1 aromatic heterocycles. The van der Waals surface area contributed by atoms with Crippen LogP contribution in [0.5, 0.6) is 0 Å². The van der Waals surface area contributed by atoms with Crippen LogP contribution in [0.15, 0.2) is 30.5 Å². The summed E-state index contributed by atoms with van der Waals surface area (Å²) in [5, 5.41) is 3.36. The summed E-state index contributed by atoms with van der Waals surface area (Å²) >= 11 is 0. The monoisotopic (exact) mass is 234 g/mol. The molecular formula is C14H22N2O. The smallest absolute Gasteiger partial charge is 0.0892 e. The normalized spacial score (nSPS) is 11.5. The van der Waals surface area contributed by atoms with Crippen LogP contribution >= 0.6 is 0 Å². The van der Waals surface area contributed by atoms with E-state index in [1.54, 1.807) is 0 Å². The van der Waals surface area contributed by atoms with Crippen LogP contribution in [-0.2, 0) is 17.9 Å². The second kappa shape index (κ2) is 7.98. The van der Waals surface area contributed by atoms with Crippen molar-refractivity contribution in [2.45, 2.75) is 40.0 Å². The van der Waals surface area contributed by atoms with Gasteiger partial charge in [-0.3, -0.25) is 4.98 Å². The molecule has 0 aromatic carbocycles. The van der Waals surface area contributed by atoms with Crippen LogP contribution in [0.1, 0.15) is 32.0 Å². The van der Waals surface area contributed by atoms with Gasteiger partial charge in [0.15, 0.2) is 0 Å². The van der Waals surface area contributed by atoms with Gasteiger partial charge in [-0.2, -0.15) is 0 Å². The summed E-state index contributed by atoms with van der Waals surface area (Å²) in [5.41, 5.74) is 2.18. The van der Waals surface area contributed by atoms with Gasteiger partial charge in [0.2, 0.25) is 0 Å². The SMILES string of the molecule is CC=CCOCc1ccc(CNC(C)C)cn1. The molecule has 1 heterocycles. The lowest BCUT2D eigenvalue weighted by Gasteiger charge is -2.08. The first-order chi connectivity index (χ1) is 8.22. The lowest BCUT2D eigenvalue weighted by Crippen LogP contribution is -2.21. The standard InChI is InChI=1S/C14H22N2O/c1-4-5-8-17-11-14-7-6-13(10-16-14)9-15-12(2)3/h4-7,10,12,15H,8-9,11H2,1-3H3. The molecule has 0 aliphatic carbocycles. The molecule has 17 heavy (non-hydrogen) atoms. The van der Waals surface area contributed by atoms with Gasteiger partial charge < -0.3 is 10.1 Å². The first-order valence-corrected chi connectivity index (χ1v) is 6.08. The van der Waals surface area contributed by atoms with Crippen LogP contribution in [0.4, 0.5) is 0 Å². The van der Waals surface area contributed by atoms with Crippen molar-refractivity contribution in [3.05, 3.63) is 41.7 Å². The Labute approximate surface area is 104 Å². The van der Waals surface area contributed by atoms with E-state index in [0.29, 0.717) is 19.3 Å². The highest BCUT2D eigenvalue weighted by atomic mass is 16.5. The summed E-state index contributed by atoms with van der Waals surface area (Å²) in [6.07, 6.45) is 5.87. The van der Waals surface area contributed by atoms with Crippen LogP contribution in [0.25, 0.3) is 0 Å². The first kappa shape index (κ1) is 13.9. The number of hydrogen-bond acceptors (Lipinski definition) is 3. The van der Waals surface area contributed by atoms with E-state index in [9.17, 15) is 0 Å². The molecule has 0 fully saturated rings. The zero-order valence-electron chi connectivity index (χ0n) is 10.9. The Morgan fingerprint density at radius 2 is 2.24 bits per heavy atom. The summed E-state index contributed by atoms with van der Waals surface area (Å²) in [6.45, 7) is 8.34. The van der Waals surface area contributed by atoms with Crippen molar-refractivity contribution in [1.82, 2.24) is 10.3 Å². The topological polar surface area (TPSA) is 34.1 Å². The molecule has 1 N–H and O–H groups in total. The number of ether oxygens (including phenoxy) is 1. The Kier molecular flexibility index (Phi) is 6.51. The summed E-state index contributed by atoms with van der Waals surface area (Å²) in [6, 6.07) is 4.61. The van der Waals surface area contributed by atoms with E-state index in [0.717, 1.165) is 12.2 Å². The molecule has 0 aliphatic rings. The number of allylic oxidation sites excluding steroid dienone is 1. The molecule has 3 heteroatoms. The minimum Gasteiger partial charge on any atom is -0.371 e. The van der Waals surface area contributed by atoms with E-state index in [-0.39, 0.29) is 0 Å². The van der Waals surface area contributed by atoms with Crippen LogP contribution in [-0.4, -0.2) is 17.6 Å². The molecular weight excluding hydrogens is 212 g/mol. The first-order valence-electron chi connectivity index (χ1n) is 6.08. The Bertz CT molecular complexity index is 331. The van der Waals surface area contributed by atoms with E-state index in [2.05, 4.69) is 30.2 Å². The highest BCUT2D eigenvalue weighted by Crippen LogP contribution is 2.02. The van der Waals surface area contributed by atoms with Gasteiger partial charge in [0, 0.05) is 18.8 Å². The fourth-order valence-corrected chi connectivity index (χ4v) is 1.29. The number of aromatic nitrogens is 1. The third-order valence-corrected chi connectivity index (χ3v) is 2.30. The van der Waals surface area contributed by atoms with E-state index >= 15 is 0 Å². The summed E-state index contributed by atoms with van der Waals surface area (Å²) in [4.78, 5) is 4.37. The minimum absolute atomic E-state index is 0.499. The molecule has 3 nitrogen and oxygen atoms in total. The van der Waals surface area contributed by atoms with Crippen molar-refractivity contribution in [3.8, 4) is 0 Å². The molecule has 0 spiro atoms. The molecule has 0 unspecified atom stereocenters. The van der Waals surface area contributed by atoms with Gasteiger partial charge in [0.05, 0.1) is 18.9 Å². The zero-order chi connectivity index (χ0) is 12.5. The lowest BCUT2D eigenvalue weighted by molar-refractivity contribution is 0.145. The van der Waals surface area contributed by atoms with Crippen molar-refractivity contribution in [2.75, 3.05) is 6.61 Å². The number of nitrogens with zero attached hydrogens (tertiary/aromatic N) is 1. The van der Waals surface area contributed by atoms with Crippen LogP contribution in [0, 0.1) is 0 Å². The summed E-state index contributed by atoms with van der Waals surface area (Å²) < 4.78 is 5.43. The highest BCUT2D eigenvalue weighted by Gasteiger charge is 1.97. The maximum Gasteiger partial charge on any atom is 0.0892 e. The van der Waals surface area contributed by atoms with Crippen molar-refractivity contribution >= 4 is 0 Å². The number of rotatable bonds is 7. The Balaban J connectivity index is 2.34. The molecule has 0 saturated carbocycles. The molecule has 1 rings (SSSR count).